The summed E-state index contributed by atoms with van der Waals surface area (Å²) in [6.45, 7) is -0.145. The second-order valence-corrected chi connectivity index (χ2v) is 5.71. The maximum atomic E-state index is 12.0. The van der Waals surface area contributed by atoms with E-state index in [4.69, 9.17) is 0 Å². The Morgan fingerprint density at radius 3 is 2.46 bits per heavy atom. The van der Waals surface area contributed by atoms with E-state index >= 15 is 0 Å². The highest BCUT2D eigenvalue weighted by Gasteiger charge is 2.27. The fourth-order valence-electron chi connectivity index (χ4n) is 1.70. The van der Waals surface area contributed by atoms with Crippen LogP contribution in [-0.4, -0.2) is 29.5 Å². The first-order valence-corrected chi connectivity index (χ1v) is 7.64. The molecule has 1 aromatic carbocycles. The molecule has 1 amide bonds. The Labute approximate surface area is 139 Å². The van der Waals surface area contributed by atoms with Crippen LogP contribution < -0.4 is 5.32 Å². The summed E-state index contributed by atoms with van der Waals surface area (Å²) in [4.78, 5) is 27.2. The van der Waals surface area contributed by atoms with E-state index in [0.29, 0.717) is 16.3 Å². The number of nitrogens with one attached hydrogen (secondary N) is 1. The summed E-state index contributed by atoms with van der Waals surface area (Å²) in [5.41, 5.74) is 1.10. The predicted octanol–water partition coefficient (Wildman–Crippen LogP) is 3.68. The number of nitrogens with zero attached hydrogens (tertiary/aromatic N) is 1. The standard InChI is InChI=1S/C15H13F3N2O3S/c1-9(21)12-7-24-14(19-12)20-13(22)11-4-2-10(3-5-11)6-23-8-15(16,17)18/h2-5,7H,6,8H2,1H3,(H,19,20,22). The highest BCUT2D eigenvalue weighted by molar-refractivity contribution is 7.14. The summed E-state index contributed by atoms with van der Waals surface area (Å²) in [6, 6.07) is 5.96. The number of ketones is 1. The molecule has 5 nitrogen and oxygen atoms in total. The Hall–Kier alpha value is -2.26. The molecule has 0 aliphatic heterocycles. The lowest BCUT2D eigenvalue weighted by Gasteiger charge is -2.08. The molecule has 1 heterocycles. The zero-order valence-corrected chi connectivity index (χ0v) is 13.3. The van der Waals surface area contributed by atoms with Crippen LogP contribution in [0.5, 0.6) is 0 Å². The molecule has 9 heteroatoms. The summed E-state index contributed by atoms with van der Waals surface area (Å²) in [7, 11) is 0. The highest BCUT2D eigenvalue weighted by atomic mass is 32.1. The van der Waals surface area contributed by atoms with Gasteiger partial charge in [-0.2, -0.15) is 13.2 Å². The number of aromatic nitrogens is 1. The second kappa shape index (κ2) is 7.54. The van der Waals surface area contributed by atoms with E-state index in [2.05, 4.69) is 15.0 Å². The van der Waals surface area contributed by atoms with Crippen molar-refractivity contribution < 1.29 is 27.5 Å². The molecule has 0 aliphatic carbocycles. The average molecular weight is 358 g/mol. The van der Waals surface area contributed by atoms with Crippen molar-refractivity contribution in [2.24, 2.45) is 0 Å². The fraction of sp³-hybridized carbons (Fsp3) is 0.267. The summed E-state index contributed by atoms with van der Waals surface area (Å²) in [6.07, 6.45) is -4.37. The van der Waals surface area contributed by atoms with Gasteiger partial charge in [-0.3, -0.25) is 14.9 Å². The van der Waals surface area contributed by atoms with Gasteiger partial charge in [0.05, 0.1) is 6.61 Å². The minimum Gasteiger partial charge on any atom is -0.367 e. The maximum Gasteiger partial charge on any atom is 0.411 e. The minimum absolute atomic E-state index is 0.199. The molecular weight excluding hydrogens is 345 g/mol. The first-order chi connectivity index (χ1) is 11.2. The van der Waals surface area contributed by atoms with E-state index in [1.807, 2.05) is 0 Å². The van der Waals surface area contributed by atoms with Crippen LogP contribution in [-0.2, 0) is 11.3 Å². The Kier molecular flexibility index (Phi) is 5.68. The molecule has 1 aromatic heterocycles. The molecule has 0 spiro atoms. The number of hydrogen-bond donors (Lipinski definition) is 1. The molecule has 24 heavy (non-hydrogen) atoms. The zero-order valence-electron chi connectivity index (χ0n) is 12.5. The quantitative estimate of drug-likeness (QED) is 0.800. The van der Waals surface area contributed by atoms with Crippen LogP contribution in [0.15, 0.2) is 29.6 Å². The SMILES string of the molecule is CC(=O)c1csc(NC(=O)c2ccc(COCC(F)(F)F)cc2)n1. The van der Waals surface area contributed by atoms with Gasteiger partial charge in [-0.05, 0) is 17.7 Å². The number of rotatable bonds is 6. The third kappa shape index (κ3) is 5.43. The Morgan fingerprint density at radius 1 is 1.25 bits per heavy atom. The molecule has 0 unspecified atom stereocenters. The molecule has 0 atom stereocenters. The molecule has 0 fully saturated rings. The van der Waals surface area contributed by atoms with Crippen molar-refractivity contribution >= 4 is 28.2 Å². The number of amides is 1. The molecule has 0 saturated carbocycles. The lowest BCUT2D eigenvalue weighted by molar-refractivity contribution is -0.176. The summed E-state index contributed by atoms with van der Waals surface area (Å²) in [5.74, 6) is -0.628. The number of thiazole rings is 1. The first kappa shape index (κ1) is 18.1. The summed E-state index contributed by atoms with van der Waals surface area (Å²) < 4.78 is 40.5. The van der Waals surface area contributed by atoms with E-state index in [-0.39, 0.29) is 18.1 Å². The van der Waals surface area contributed by atoms with Crippen molar-refractivity contribution in [3.63, 3.8) is 0 Å². The number of Topliss-reactive ketones (excluding diaryl/α,β-unsaturated/α-hetero) is 1. The lowest BCUT2D eigenvalue weighted by Crippen LogP contribution is -2.16. The van der Waals surface area contributed by atoms with Crippen molar-refractivity contribution in [3.8, 4) is 0 Å². The van der Waals surface area contributed by atoms with Crippen molar-refractivity contribution in [1.29, 1.82) is 0 Å². The highest BCUT2D eigenvalue weighted by Crippen LogP contribution is 2.18. The van der Waals surface area contributed by atoms with Gasteiger partial charge in [0.15, 0.2) is 10.9 Å². The molecule has 2 rings (SSSR count). The lowest BCUT2D eigenvalue weighted by atomic mass is 10.1. The number of halogens is 3. The monoisotopic (exact) mass is 358 g/mol. The maximum absolute atomic E-state index is 12.0. The Bertz CT molecular complexity index is 726. The number of carbonyl (C=O) groups is 2. The molecule has 2 aromatic rings. The Morgan fingerprint density at radius 2 is 1.92 bits per heavy atom. The number of carbonyl (C=O) groups excluding carboxylic acids is 2. The van der Waals surface area contributed by atoms with Crippen LogP contribution >= 0.6 is 11.3 Å². The Balaban J connectivity index is 1.91. The topological polar surface area (TPSA) is 68.3 Å². The molecule has 1 N–H and O–H groups in total. The van der Waals surface area contributed by atoms with E-state index in [9.17, 15) is 22.8 Å². The van der Waals surface area contributed by atoms with Gasteiger partial charge in [-0.1, -0.05) is 12.1 Å². The van der Waals surface area contributed by atoms with E-state index in [1.54, 1.807) is 5.38 Å². The van der Waals surface area contributed by atoms with Crippen molar-refractivity contribution in [1.82, 2.24) is 4.98 Å². The number of benzene rings is 1. The minimum atomic E-state index is -4.37. The normalized spacial score (nSPS) is 11.3. The van der Waals surface area contributed by atoms with Gasteiger partial charge in [0.25, 0.3) is 5.91 Å². The number of anilines is 1. The fourth-order valence-corrected chi connectivity index (χ4v) is 2.44. The van der Waals surface area contributed by atoms with Gasteiger partial charge in [-0.15, -0.1) is 11.3 Å². The molecule has 0 aliphatic rings. The van der Waals surface area contributed by atoms with Gasteiger partial charge in [-0.25, -0.2) is 4.98 Å². The largest absolute Gasteiger partial charge is 0.411 e. The second-order valence-electron chi connectivity index (χ2n) is 4.85. The number of hydrogen-bond acceptors (Lipinski definition) is 5. The van der Waals surface area contributed by atoms with Crippen LogP contribution in [0.3, 0.4) is 0 Å². The first-order valence-electron chi connectivity index (χ1n) is 6.76. The van der Waals surface area contributed by atoms with Crippen LogP contribution in [0, 0.1) is 0 Å². The molecule has 0 radical (unpaired) electrons. The van der Waals surface area contributed by atoms with Crippen LogP contribution in [0.4, 0.5) is 18.3 Å². The third-order valence-electron chi connectivity index (χ3n) is 2.84. The molecule has 0 bridgehead atoms. The summed E-state index contributed by atoms with van der Waals surface area (Å²) >= 11 is 1.13. The van der Waals surface area contributed by atoms with Gasteiger partial charge >= 0.3 is 6.18 Å². The van der Waals surface area contributed by atoms with Crippen molar-refractivity contribution in [3.05, 3.63) is 46.5 Å². The van der Waals surface area contributed by atoms with Crippen LogP contribution in [0.25, 0.3) is 0 Å². The van der Waals surface area contributed by atoms with Gasteiger partial charge < -0.3 is 4.74 Å². The smallest absolute Gasteiger partial charge is 0.367 e. The third-order valence-corrected chi connectivity index (χ3v) is 3.59. The number of ether oxygens (including phenoxy) is 1. The van der Waals surface area contributed by atoms with Crippen molar-refractivity contribution in [2.45, 2.75) is 19.7 Å². The van der Waals surface area contributed by atoms with E-state index < -0.39 is 18.7 Å². The number of alkyl halides is 3. The van der Waals surface area contributed by atoms with E-state index in [0.717, 1.165) is 11.3 Å². The van der Waals surface area contributed by atoms with Gasteiger partial charge in [0.2, 0.25) is 0 Å². The zero-order chi connectivity index (χ0) is 17.7. The van der Waals surface area contributed by atoms with Crippen molar-refractivity contribution in [2.75, 3.05) is 11.9 Å². The van der Waals surface area contributed by atoms with Crippen LogP contribution in [0.2, 0.25) is 0 Å². The average Bonchev–Trinajstić information content (AvgIpc) is 2.95. The summed E-state index contributed by atoms with van der Waals surface area (Å²) in [5, 5.41) is 4.39. The van der Waals surface area contributed by atoms with E-state index in [1.165, 1.54) is 31.2 Å². The molecular formula is C15H13F3N2O3S. The van der Waals surface area contributed by atoms with Gasteiger partial charge in [0, 0.05) is 17.9 Å². The van der Waals surface area contributed by atoms with Crippen LogP contribution in [0.1, 0.15) is 33.3 Å². The molecule has 0 saturated heterocycles. The molecule has 128 valence electrons. The predicted molar refractivity (Wildman–Crippen MR) is 82.2 cm³/mol. The van der Waals surface area contributed by atoms with Gasteiger partial charge in [0.1, 0.15) is 12.3 Å².